The highest BCUT2D eigenvalue weighted by molar-refractivity contribution is 5.95. The lowest BCUT2D eigenvalue weighted by atomic mass is 10.0. The van der Waals surface area contributed by atoms with Gasteiger partial charge in [-0.05, 0) is 30.5 Å². The minimum atomic E-state index is -4.67. The van der Waals surface area contributed by atoms with Gasteiger partial charge in [-0.2, -0.15) is 13.2 Å². The summed E-state index contributed by atoms with van der Waals surface area (Å²) in [5.41, 5.74) is 5.32. The number of pyridine rings is 1. The third-order valence-electron chi connectivity index (χ3n) is 3.53. The molecule has 0 saturated carbocycles. The van der Waals surface area contributed by atoms with Crippen LogP contribution in [0, 0.1) is 0 Å². The van der Waals surface area contributed by atoms with Crippen LogP contribution in [0.2, 0.25) is 0 Å². The Balaban J connectivity index is 2.17. The van der Waals surface area contributed by atoms with Crippen LogP contribution in [0.25, 0.3) is 0 Å². The molecule has 2 rings (SSSR count). The molecule has 140 valence electrons. The predicted molar refractivity (Wildman–Crippen MR) is 89.4 cm³/mol. The van der Waals surface area contributed by atoms with Crippen LogP contribution in [0.4, 0.5) is 19.0 Å². The molecule has 0 aliphatic heterocycles. The van der Waals surface area contributed by atoms with Crippen LogP contribution < -0.4 is 5.73 Å². The van der Waals surface area contributed by atoms with Crippen LogP contribution in [0.15, 0.2) is 36.4 Å². The van der Waals surface area contributed by atoms with E-state index >= 15 is 0 Å². The monoisotopic (exact) mass is 368 g/mol. The summed E-state index contributed by atoms with van der Waals surface area (Å²) >= 11 is 0. The van der Waals surface area contributed by atoms with E-state index < -0.39 is 23.7 Å². The largest absolute Gasteiger partial charge is 0.462 e. The number of carbonyl (C=O) groups excluding carboxylic acids is 1. The first kappa shape index (κ1) is 19.7. The average Bonchev–Trinajstić information content (AvgIpc) is 2.58. The summed E-state index contributed by atoms with van der Waals surface area (Å²) in [6.07, 6.45) is -4.60. The predicted octanol–water partition coefficient (Wildman–Crippen LogP) is 3.62. The van der Waals surface area contributed by atoms with Gasteiger partial charge < -0.3 is 15.2 Å². The van der Waals surface area contributed by atoms with Crippen LogP contribution >= 0.6 is 0 Å². The quantitative estimate of drug-likeness (QED) is 0.597. The first-order valence-corrected chi connectivity index (χ1v) is 7.98. The molecule has 0 unspecified atom stereocenters. The van der Waals surface area contributed by atoms with E-state index in [4.69, 9.17) is 15.2 Å². The number of halogens is 3. The van der Waals surface area contributed by atoms with Gasteiger partial charge in [-0.25, -0.2) is 9.78 Å². The van der Waals surface area contributed by atoms with Crippen molar-refractivity contribution in [1.29, 1.82) is 0 Å². The van der Waals surface area contributed by atoms with Gasteiger partial charge in [-0.3, -0.25) is 0 Å². The highest BCUT2D eigenvalue weighted by Crippen LogP contribution is 2.31. The Morgan fingerprint density at radius 1 is 1.23 bits per heavy atom. The molecule has 0 amide bonds. The average molecular weight is 368 g/mol. The smallest absolute Gasteiger partial charge is 0.433 e. The van der Waals surface area contributed by atoms with Crippen molar-refractivity contribution in [3.8, 4) is 0 Å². The maximum atomic E-state index is 13.0. The molecule has 1 aromatic heterocycles. The van der Waals surface area contributed by atoms with E-state index in [-0.39, 0.29) is 30.8 Å². The molecule has 0 saturated heterocycles. The van der Waals surface area contributed by atoms with Crippen molar-refractivity contribution in [2.45, 2.75) is 26.1 Å². The Hall–Kier alpha value is -2.61. The van der Waals surface area contributed by atoms with Gasteiger partial charge in [0.2, 0.25) is 0 Å². The number of nitrogens with zero attached hydrogens (tertiary/aromatic N) is 1. The molecular weight excluding hydrogens is 349 g/mol. The van der Waals surface area contributed by atoms with E-state index in [1.165, 1.54) is 0 Å². The molecule has 26 heavy (non-hydrogen) atoms. The van der Waals surface area contributed by atoms with Gasteiger partial charge in [0, 0.05) is 0 Å². The summed E-state index contributed by atoms with van der Waals surface area (Å²) in [5, 5.41) is 0. The van der Waals surface area contributed by atoms with Crippen LogP contribution in [-0.4, -0.2) is 24.2 Å². The molecule has 5 nitrogen and oxygen atoms in total. The molecule has 2 aromatic rings. The molecule has 0 atom stereocenters. The van der Waals surface area contributed by atoms with Crippen molar-refractivity contribution in [2.75, 3.05) is 18.9 Å². The van der Waals surface area contributed by atoms with Crippen molar-refractivity contribution in [3.05, 3.63) is 58.8 Å². The number of nitrogens with two attached hydrogens (primary N) is 1. The zero-order valence-corrected chi connectivity index (χ0v) is 14.2. The van der Waals surface area contributed by atoms with Crippen molar-refractivity contribution in [1.82, 2.24) is 4.98 Å². The van der Waals surface area contributed by atoms with Gasteiger partial charge in [-0.1, -0.05) is 30.3 Å². The minimum Gasteiger partial charge on any atom is -0.462 e. The maximum absolute atomic E-state index is 13.0. The van der Waals surface area contributed by atoms with Crippen molar-refractivity contribution in [3.63, 3.8) is 0 Å². The number of aromatic nitrogens is 1. The summed E-state index contributed by atoms with van der Waals surface area (Å²) in [7, 11) is 0. The number of hydrogen-bond acceptors (Lipinski definition) is 5. The van der Waals surface area contributed by atoms with E-state index in [2.05, 4.69) is 4.98 Å². The highest BCUT2D eigenvalue weighted by atomic mass is 19.4. The van der Waals surface area contributed by atoms with Gasteiger partial charge in [0.25, 0.3) is 0 Å². The molecule has 0 aliphatic rings. The number of rotatable bonds is 7. The molecule has 0 spiro atoms. The summed E-state index contributed by atoms with van der Waals surface area (Å²) in [6.45, 7) is 2.09. The third-order valence-corrected chi connectivity index (χ3v) is 3.53. The van der Waals surface area contributed by atoms with E-state index in [0.29, 0.717) is 6.61 Å². The maximum Gasteiger partial charge on any atom is 0.433 e. The van der Waals surface area contributed by atoms with Gasteiger partial charge >= 0.3 is 12.1 Å². The second kappa shape index (κ2) is 8.66. The number of carbonyl (C=O) groups is 1. The SMILES string of the molecule is CCOC(=O)c1c(CCOCc2ccccc2)cc(C(F)(F)F)nc1N. The lowest BCUT2D eigenvalue weighted by Crippen LogP contribution is -2.18. The minimum absolute atomic E-state index is 0.0663. The number of esters is 1. The Kier molecular flexibility index (Phi) is 6.57. The first-order chi connectivity index (χ1) is 12.3. The Bertz CT molecular complexity index is 749. The zero-order valence-electron chi connectivity index (χ0n) is 14.2. The Morgan fingerprint density at radius 2 is 1.92 bits per heavy atom. The number of ether oxygens (including phenoxy) is 2. The van der Waals surface area contributed by atoms with Crippen LogP contribution in [0.5, 0.6) is 0 Å². The van der Waals surface area contributed by atoms with Gasteiger partial charge in [-0.15, -0.1) is 0 Å². The van der Waals surface area contributed by atoms with Crippen LogP contribution in [0.1, 0.15) is 34.1 Å². The fourth-order valence-corrected chi connectivity index (χ4v) is 2.35. The van der Waals surface area contributed by atoms with E-state index in [1.807, 2.05) is 30.3 Å². The molecule has 0 bridgehead atoms. The van der Waals surface area contributed by atoms with Gasteiger partial charge in [0.1, 0.15) is 17.1 Å². The molecule has 0 fully saturated rings. The number of anilines is 1. The molecule has 0 aliphatic carbocycles. The van der Waals surface area contributed by atoms with Crippen LogP contribution in [-0.2, 0) is 28.7 Å². The number of nitrogen functional groups attached to an aromatic ring is 1. The van der Waals surface area contributed by atoms with Gasteiger partial charge in [0.05, 0.1) is 19.8 Å². The molecule has 8 heteroatoms. The molecule has 2 N–H and O–H groups in total. The lowest BCUT2D eigenvalue weighted by Gasteiger charge is -2.14. The van der Waals surface area contributed by atoms with E-state index in [1.54, 1.807) is 6.92 Å². The molecular formula is C18H19F3N2O3. The molecule has 1 heterocycles. The van der Waals surface area contributed by atoms with E-state index in [9.17, 15) is 18.0 Å². The summed E-state index contributed by atoms with van der Waals surface area (Å²) in [6, 6.07) is 10.1. The second-order valence-corrected chi connectivity index (χ2v) is 5.43. The normalized spacial score (nSPS) is 11.4. The Labute approximate surface area is 148 Å². The van der Waals surface area contributed by atoms with Crippen molar-refractivity contribution < 1.29 is 27.4 Å². The van der Waals surface area contributed by atoms with Crippen molar-refractivity contribution >= 4 is 11.8 Å². The Morgan fingerprint density at radius 3 is 2.54 bits per heavy atom. The topological polar surface area (TPSA) is 74.4 Å². The van der Waals surface area contributed by atoms with Crippen LogP contribution in [0.3, 0.4) is 0 Å². The van der Waals surface area contributed by atoms with Crippen molar-refractivity contribution in [2.24, 2.45) is 0 Å². The fraction of sp³-hybridized carbons (Fsp3) is 0.333. The number of alkyl halides is 3. The fourth-order valence-electron chi connectivity index (χ4n) is 2.35. The van der Waals surface area contributed by atoms with Gasteiger partial charge in [0.15, 0.2) is 0 Å². The first-order valence-electron chi connectivity index (χ1n) is 7.98. The summed E-state index contributed by atoms with van der Waals surface area (Å²) < 4.78 is 49.3. The zero-order chi connectivity index (χ0) is 19.2. The second-order valence-electron chi connectivity index (χ2n) is 5.43. The highest BCUT2D eigenvalue weighted by Gasteiger charge is 2.34. The molecule has 0 radical (unpaired) electrons. The lowest BCUT2D eigenvalue weighted by molar-refractivity contribution is -0.141. The third kappa shape index (κ3) is 5.19. The number of hydrogen-bond donors (Lipinski definition) is 1. The molecule has 1 aromatic carbocycles. The van der Waals surface area contributed by atoms with E-state index in [0.717, 1.165) is 11.6 Å². The summed E-state index contributed by atoms with van der Waals surface area (Å²) in [5.74, 6) is -1.30. The number of benzene rings is 1. The summed E-state index contributed by atoms with van der Waals surface area (Å²) in [4.78, 5) is 15.3. The standard InChI is InChI=1S/C18H19F3N2O3/c1-2-26-17(24)15-13(10-14(18(19,20)21)23-16(15)22)8-9-25-11-12-6-4-3-5-7-12/h3-7,10H,2,8-9,11H2,1H3,(H2,22,23).